The number of hydrogen-bond donors (Lipinski definition) is 2. The lowest BCUT2D eigenvalue weighted by Gasteiger charge is -2.32. The quantitative estimate of drug-likeness (QED) is 0.627. The Kier molecular flexibility index (Phi) is 4.60. The number of anilines is 1. The molecular weight excluding hydrogens is 328 g/mol. The van der Waals surface area contributed by atoms with Crippen molar-refractivity contribution in [3.05, 3.63) is 11.0 Å². The molecule has 0 bridgehead atoms. The highest BCUT2D eigenvalue weighted by Gasteiger charge is 2.38. The number of fused-ring (bicyclic) bond motifs is 1. The standard InChI is InChI=1S/C13H18ClN4O3S/c1-21-13(19)18-5-2-3-8(7-18)15-11-10-9(4-6-22(10)20)16-12(14)17-11/h8,20H,2-7H2,1H3,(H,15,16,17)/q+1/t8-,22?/m1/s1. The molecule has 9 heteroatoms. The molecule has 7 nitrogen and oxygen atoms in total. The second-order valence-electron chi connectivity index (χ2n) is 5.34. The summed E-state index contributed by atoms with van der Waals surface area (Å²) in [6.07, 6.45) is 2.20. The van der Waals surface area contributed by atoms with Crippen molar-refractivity contribution in [3.63, 3.8) is 0 Å². The molecule has 0 spiro atoms. The first-order valence-corrected chi connectivity index (χ1v) is 8.87. The van der Waals surface area contributed by atoms with Gasteiger partial charge in [-0.2, -0.15) is 9.54 Å². The number of halogens is 1. The largest absolute Gasteiger partial charge is 0.453 e. The maximum absolute atomic E-state index is 11.6. The minimum absolute atomic E-state index is 0.0560. The van der Waals surface area contributed by atoms with Gasteiger partial charge in [-0.1, -0.05) is 0 Å². The fourth-order valence-corrected chi connectivity index (χ4v) is 4.39. The van der Waals surface area contributed by atoms with Crippen LogP contribution in [0.5, 0.6) is 0 Å². The predicted octanol–water partition coefficient (Wildman–Crippen LogP) is 1.78. The van der Waals surface area contributed by atoms with E-state index >= 15 is 0 Å². The summed E-state index contributed by atoms with van der Waals surface area (Å²) in [5.41, 5.74) is 0.814. The first-order valence-electron chi connectivity index (χ1n) is 7.14. The van der Waals surface area contributed by atoms with Crippen LogP contribution in [0.4, 0.5) is 10.6 Å². The van der Waals surface area contributed by atoms with E-state index in [1.54, 1.807) is 4.90 Å². The summed E-state index contributed by atoms with van der Waals surface area (Å²) in [5.74, 6) is 1.26. The highest BCUT2D eigenvalue weighted by Crippen LogP contribution is 2.32. The Bertz CT molecular complexity index is 589. The Labute approximate surface area is 136 Å². The number of aryl methyl sites for hydroxylation is 1. The normalized spacial score (nSPS) is 24.0. The van der Waals surface area contributed by atoms with E-state index in [-0.39, 0.29) is 17.4 Å². The molecule has 1 fully saturated rings. The maximum Gasteiger partial charge on any atom is 0.409 e. The zero-order chi connectivity index (χ0) is 15.7. The van der Waals surface area contributed by atoms with Crippen LogP contribution in [0.1, 0.15) is 18.5 Å². The number of carbonyl (C=O) groups excluding carboxylic acids is 1. The fourth-order valence-electron chi connectivity index (χ4n) is 2.86. The van der Waals surface area contributed by atoms with Gasteiger partial charge < -0.3 is 15.0 Å². The summed E-state index contributed by atoms with van der Waals surface area (Å²) in [5, 5.41) is 3.50. The molecule has 0 saturated carbocycles. The van der Waals surface area contributed by atoms with Gasteiger partial charge in [-0.05, 0) is 24.4 Å². The van der Waals surface area contributed by atoms with E-state index in [0.717, 1.165) is 23.4 Å². The highest BCUT2D eigenvalue weighted by atomic mass is 35.5. The van der Waals surface area contributed by atoms with Crippen molar-refractivity contribution in [1.82, 2.24) is 14.9 Å². The second kappa shape index (κ2) is 6.47. The minimum Gasteiger partial charge on any atom is -0.453 e. The van der Waals surface area contributed by atoms with Crippen LogP contribution in [0.3, 0.4) is 0 Å². The van der Waals surface area contributed by atoms with Gasteiger partial charge >= 0.3 is 6.09 Å². The average Bonchev–Trinajstić information content (AvgIpc) is 2.88. The van der Waals surface area contributed by atoms with Crippen molar-refractivity contribution in [3.8, 4) is 0 Å². The zero-order valence-corrected chi connectivity index (χ0v) is 13.8. The third-order valence-electron chi connectivity index (χ3n) is 3.87. The number of amides is 1. The maximum atomic E-state index is 11.6. The van der Waals surface area contributed by atoms with Crippen molar-refractivity contribution in [2.45, 2.75) is 30.2 Å². The Hall–Kier alpha value is -1.25. The van der Waals surface area contributed by atoms with Crippen molar-refractivity contribution >= 4 is 34.7 Å². The van der Waals surface area contributed by atoms with Gasteiger partial charge in [-0.3, -0.25) is 0 Å². The number of piperidine rings is 1. The summed E-state index contributed by atoms with van der Waals surface area (Å²) >= 11 is 5.13. The fraction of sp³-hybridized carbons (Fsp3) is 0.615. The van der Waals surface area contributed by atoms with Gasteiger partial charge in [0.1, 0.15) is 5.69 Å². The molecule has 0 radical (unpaired) electrons. The van der Waals surface area contributed by atoms with Gasteiger partial charge in [0.2, 0.25) is 5.28 Å². The van der Waals surface area contributed by atoms with Crippen molar-refractivity contribution in [2.75, 3.05) is 31.3 Å². The van der Waals surface area contributed by atoms with E-state index in [1.165, 1.54) is 7.11 Å². The van der Waals surface area contributed by atoms with Crippen molar-refractivity contribution in [1.29, 1.82) is 0 Å². The SMILES string of the molecule is COC(=O)N1CCC[C@@H](Nc2nc(Cl)nc3c2[S+](O)CC3)C1. The lowest BCUT2D eigenvalue weighted by atomic mass is 10.1. The second-order valence-corrected chi connectivity index (χ2v) is 7.22. The van der Waals surface area contributed by atoms with E-state index < -0.39 is 11.2 Å². The molecule has 2 aliphatic heterocycles. The number of ether oxygens (including phenoxy) is 1. The zero-order valence-electron chi connectivity index (χ0n) is 12.2. The van der Waals surface area contributed by atoms with Gasteiger partial charge in [-0.25, -0.2) is 9.78 Å². The number of carbonyl (C=O) groups is 1. The molecule has 1 aromatic rings. The molecule has 0 aromatic carbocycles. The summed E-state index contributed by atoms with van der Waals surface area (Å²) < 4.78 is 14.9. The first-order chi connectivity index (χ1) is 10.6. The highest BCUT2D eigenvalue weighted by molar-refractivity contribution is 7.92. The molecule has 0 aliphatic carbocycles. The minimum atomic E-state index is -0.842. The van der Waals surface area contributed by atoms with Crippen molar-refractivity contribution in [2.24, 2.45) is 0 Å². The van der Waals surface area contributed by atoms with Crippen LogP contribution >= 0.6 is 11.6 Å². The summed E-state index contributed by atoms with van der Waals surface area (Å²) in [6, 6.07) is 0.0560. The van der Waals surface area contributed by atoms with E-state index in [1.807, 2.05) is 0 Å². The third-order valence-corrected chi connectivity index (χ3v) is 5.53. The Balaban J connectivity index is 1.77. The number of likely N-dealkylation sites (tertiary alicyclic amines) is 1. The predicted molar refractivity (Wildman–Crippen MR) is 84.5 cm³/mol. The van der Waals surface area contributed by atoms with Crippen LogP contribution in [0.25, 0.3) is 0 Å². The lowest BCUT2D eigenvalue weighted by Crippen LogP contribution is -2.45. The van der Waals surface area contributed by atoms with Crippen LogP contribution in [0, 0.1) is 0 Å². The molecule has 2 N–H and O–H groups in total. The number of methoxy groups -OCH3 is 1. The molecule has 1 aromatic heterocycles. The van der Waals surface area contributed by atoms with E-state index in [9.17, 15) is 9.35 Å². The third kappa shape index (κ3) is 3.09. The molecule has 22 heavy (non-hydrogen) atoms. The van der Waals surface area contributed by atoms with Crippen LogP contribution < -0.4 is 5.32 Å². The van der Waals surface area contributed by atoms with Crippen LogP contribution in [-0.4, -0.2) is 57.5 Å². The summed E-state index contributed by atoms with van der Waals surface area (Å²) in [7, 11) is 1.38. The topological polar surface area (TPSA) is 87.6 Å². The lowest BCUT2D eigenvalue weighted by molar-refractivity contribution is 0.113. The molecule has 3 heterocycles. The van der Waals surface area contributed by atoms with Crippen molar-refractivity contribution < 1.29 is 14.1 Å². The van der Waals surface area contributed by atoms with Crippen LogP contribution in [0.2, 0.25) is 5.28 Å². The summed E-state index contributed by atoms with van der Waals surface area (Å²) in [4.78, 5) is 22.5. The van der Waals surface area contributed by atoms with Crippen LogP contribution in [-0.2, 0) is 22.3 Å². The van der Waals surface area contributed by atoms with Crippen LogP contribution in [0.15, 0.2) is 4.90 Å². The number of rotatable bonds is 2. The monoisotopic (exact) mass is 345 g/mol. The molecular formula is C13H18ClN4O3S+. The van der Waals surface area contributed by atoms with E-state index in [4.69, 9.17) is 16.3 Å². The van der Waals surface area contributed by atoms with Gasteiger partial charge in [0.15, 0.2) is 22.7 Å². The average molecular weight is 346 g/mol. The molecule has 1 saturated heterocycles. The first kappa shape index (κ1) is 15.6. The number of nitrogens with zero attached hydrogens (tertiary/aromatic N) is 3. The van der Waals surface area contributed by atoms with E-state index in [0.29, 0.717) is 31.1 Å². The van der Waals surface area contributed by atoms with Gasteiger partial charge in [0.05, 0.1) is 7.11 Å². The molecule has 1 amide bonds. The van der Waals surface area contributed by atoms with Gasteiger partial charge in [-0.15, -0.1) is 0 Å². The molecule has 2 atom stereocenters. The number of aromatic nitrogens is 2. The number of hydrogen-bond acceptors (Lipinski definition) is 6. The summed E-state index contributed by atoms with van der Waals surface area (Å²) in [6.45, 7) is 1.24. The Morgan fingerprint density at radius 1 is 1.55 bits per heavy atom. The molecule has 120 valence electrons. The smallest absolute Gasteiger partial charge is 0.409 e. The molecule has 2 aliphatic rings. The van der Waals surface area contributed by atoms with E-state index in [2.05, 4.69) is 15.3 Å². The molecule has 3 rings (SSSR count). The van der Waals surface area contributed by atoms with Gasteiger partial charge in [0, 0.05) is 25.6 Å². The Morgan fingerprint density at radius 3 is 3.14 bits per heavy atom. The van der Waals surface area contributed by atoms with Gasteiger partial charge in [0.25, 0.3) is 4.90 Å². The molecule has 1 unspecified atom stereocenters. The number of nitrogens with one attached hydrogen (secondary N) is 1. The Morgan fingerprint density at radius 2 is 2.36 bits per heavy atom.